The minimum atomic E-state index is -3.40. The number of ketones is 2. The van der Waals surface area contributed by atoms with E-state index in [2.05, 4.69) is 0 Å². The van der Waals surface area contributed by atoms with Gasteiger partial charge in [-0.3, -0.25) is 9.59 Å². The number of sulfone groups is 1. The van der Waals surface area contributed by atoms with Crippen LogP contribution in [0.2, 0.25) is 5.02 Å². The summed E-state index contributed by atoms with van der Waals surface area (Å²) in [6.07, 6.45) is 7.49. The van der Waals surface area contributed by atoms with Gasteiger partial charge in [-0.15, -0.1) is 11.8 Å². The Morgan fingerprint density at radius 3 is 2.72 bits per heavy atom. The summed E-state index contributed by atoms with van der Waals surface area (Å²) in [5.74, 6) is 0.318. The summed E-state index contributed by atoms with van der Waals surface area (Å²) in [7, 11) is -3.40. The van der Waals surface area contributed by atoms with Gasteiger partial charge in [-0.25, -0.2) is 8.42 Å². The van der Waals surface area contributed by atoms with Gasteiger partial charge in [0, 0.05) is 22.3 Å². The number of thioether (sulfide) groups is 1. The number of fused-ring (bicyclic) bond motifs is 2. The Bertz CT molecular complexity index is 1150. The lowest BCUT2D eigenvalue weighted by molar-refractivity contribution is -0.117. The van der Waals surface area contributed by atoms with Crippen LogP contribution in [0, 0.1) is 5.92 Å². The van der Waals surface area contributed by atoms with E-state index in [0.29, 0.717) is 11.5 Å². The molecule has 2 atom stereocenters. The van der Waals surface area contributed by atoms with E-state index in [1.54, 1.807) is 24.3 Å². The van der Waals surface area contributed by atoms with Crippen LogP contribution in [0.5, 0.6) is 0 Å². The number of hydrogen-bond acceptors (Lipinski definition) is 5. The highest BCUT2D eigenvalue weighted by atomic mass is 35.5. The van der Waals surface area contributed by atoms with Crippen LogP contribution >= 0.6 is 23.4 Å². The van der Waals surface area contributed by atoms with E-state index in [0.717, 1.165) is 30.4 Å². The van der Waals surface area contributed by atoms with Gasteiger partial charge in [0.05, 0.1) is 14.7 Å². The molecule has 2 unspecified atom stereocenters. The molecule has 0 amide bonds. The van der Waals surface area contributed by atoms with Crippen molar-refractivity contribution >= 4 is 44.8 Å². The largest absolute Gasteiger partial charge is 0.293 e. The molecule has 150 valence electrons. The minimum Gasteiger partial charge on any atom is -0.293 e. The van der Waals surface area contributed by atoms with Crippen LogP contribution < -0.4 is 0 Å². The van der Waals surface area contributed by atoms with Gasteiger partial charge in [0.2, 0.25) is 0 Å². The molecule has 1 saturated carbocycles. The fraction of sp³-hybridized carbons (Fsp3) is 0.273. The molecule has 0 saturated heterocycles. The summed E-state index contributed by atoms with van der Waals surface area (Å²) in [4.78, 5) is 26.4. The molecular formula is C22H19ClO4S2. The number of carbonyl (C=O) groups is 2. The van der Waals surface area contributed by atoms with E-state index in [4.69, 9.17) is 11.6 Å². The van der Waals surface area contributed by atoms with Gasteiger partial charge in [0.25, 0.3) is 0 Å². The zero-order valence-electron chi connectivity index (χ0n) is 15.7. The van der Waals surface area contributed by atoms with Gasteiger partial charge in [-0.1, -0.05) is 29.8 Å². The summed E-state index contributed by atoms with van der Waals surface area (Å²) in [5.41, 5.74) is 0.700. The first-order valence-electron chi connectivity index (χ1n) is 9.24. The molecule has 0 spiro atoms. The van der Waals surface area contributed by atoms with Crippen LogP contribution in [-0.2, 0) is 14.6 Å². The van der Waals surface area contributed by atoms with Crippen molar-refractivity contribution in [2.75, 3.05) is 6.26 Å². The van der Waals surface area contributed by atoms with Gasteiger partial charge >= 0.3 is 0 Å². The molecule has 7 heteroatoms. The maximum atomic E-state index is 13.0. The quantitative estimate of drug-likeness (QED) is 0.620. The molecule has 0 heterocycles. The topological polar surface area (TPSA) is 68.3 Å². The molecule has 0 aromatic heterocycles. The molecule has 2 aromatic rings. The van der Waals surface area contributed by atoms with E-state index in [1.807, 2.05) is 12.1 Å². The van der Waals surface area contributed by atoms with E-state index in [1.165, 1.54) is 30.0 Å². The predicted molar refractivity (Wildman–Crippen MR) is 115 cm³/mol. The third kappa shape index (κ3) is 3.93. The fourth-order valence-electron chi connectivity index (χ4n) is 3.95. The number of hydrogen-bond donors (Lipinski definition) is 0. The molecule has 4 nitrogen and oxygen atoms in total. The first-order valence-corrected chi connectivity index (χ1v) is 12.3. The van der Waals surface area contributed by atoms with Gasteiger partial charge in [-0.05, 0) is 61.6 Å². The Kier molecular flexibility index (Phi) is 5.21. The Balaban J connectivity index is 1.62. The van der Waals surface area contributed by atoms with Crippen LogP contribution in [0.25, 0.3) is 0 Å². The Morgan fingerprint density at radius 1 is 1.21 bits per heavy atom. The average Bonchev–Trinajstić information content (AvgIpc) is 3.02. The van der Waals surface area contributed by atoms with E-state index in [-0.39, 0.29) is 27.0 Å². The molecule has 1 fully saturated rings. The van der Waals surface area contributed by atoms with Crippen molar-refractivity contribution in [3.05, 3.63) is 70.8 Å². The van der Waals surface area contributed by atoms with Crippen molar-refractivity contribution in [1.82, 2.24) is 0 Å². The lowest BCUT2D eigenvalue weighted by Gasteiger charge is -2.28. The maximum Gasteiger partial charge on any atom is 0.194 e. The van der Waals surface area contributed by atoms with Crippen LogP contribution in [0.1, 0.15) is 35.2 Å². The van der Waals surface area contributed by atoms with E-state index >= 15 is 0 Å². The second-order valence-electron chi connectivity index (χ2n) is 7.59. The summed E-state index contributed by atoms with van der Waals surface area (Å²) in [6, 6.07) is 11.3. The third-order valence-corrected chi connectivity index (χ3v) is 8.38. The summed E-state index contributed by atoms with van der Waals surface area (Å²) >= 11 is 7.74. The Labute approximate surface area is 179 Å². The zero-order chi connectivity index (χ0) is 20.8. The SMILES string of the molecule is CS(=O)(=O)c1ccc(C(=O)c2cccc(SC34CCC(C=CC3=O)C4)c2)c(Cl)c1. The van der Waals surface area contributed by atoms with Crippen LogP contribution in [0.3, 0.4) is 0 Å². The minimum absolute atomic E-state index is 0.0714. The number of rotatable bonds is 5. The lowest BCUT2D eigenvalue weighted by atomic mass is 9.93. The molecule has 2 bridgehead atoms. The first-order chi connectivity index (χ1) is 13.7. The second kappa shape index (κ2) is 7.42. The molecule has 0 N–H and O–H groups in total. The zero-order valence-corrected chi connectivity index (χ0v) is 18.1. The maximum absolute atomic E-state index is 13.0. The van der Waals surface area contributed by atoms with Gasteiger partial charge in [0.1, 0.15) is 0 Å². The summed E-state index contributed by atoms with van der Waals surface area (Å²) in [5, 5.41) is 0.0980. The van der Waals surface area contributed by atoms with E-state index < -0.39 is 14.6 Å². The number of benzene rings is 2. The molecule has 2 aliphatic rings. The standard InChI is InChI=1S/C22H19ClO4S2/c1-29(26,27)17-6-7-18(19(23)12-17)21(25)15-3-2-4-16(11-15)28-22-10-9-14(13-22)5-8-20(22)24/h2-8,11-12,14H,9-10,13H2,1H3. The number of halogens is 1. The van der Waals surface area contributed by atoms with Crippen LogP contribution in [-0.4, -0.2) is 31.0 Å². The van der Waals surface area contributed by atoms with Crippen molar-refractivity contribution in [1.29, 1.82) is 0 Å². The van der Waals surface area contributed by atoms with Crippen molar-refractivity contribution < 1.29 is 18.0 Å². The van der Waals surface area contributed by atoms with Crippen LogP contribution in [0.15, 0.2) is 64.4 Å². The number of allylic oxidation sites excluding steroid dienone is 2. The van der Waals surface area contributed by atoms with Crippen molar-refractivity contribution in [3.63, 3.8) is 0 Å². The molecule has 2 aromatic carbocycles. The first kappa shape index (κ1) is 20.4. The molecule has 29 heavy (non-hydrogen) atoms. The Hall–Kier alpha value is -1.89. The monoisotopic (exact) mass is 446 g/mol. The van der Waals surface area contributed by atoms with Gasteiger partial charge in [0.15, 0.2) is 21.4 Å². The third-order valence-electron chi connectivity index (χ3n) is 5.50. The molecule has 2 aliphatic carbocycles. The number of carbonyl (C=O) groups excluding carboxylic acids is 2. The average molecular weight is 447 g/mol. The smallest absolute Gasteiger partial charge is 0.194 e. The molecule has 0 aliphatic heterocycles. The highest BCUT2D eigenvalue weighted by Gasteiger charge is 2.46. The van der Waals surface area contributed by atoms with Gasteiger partial charge < -0.3 is 0 Å². The summed E-state index contributed by atoms with van der Waals surface area (Å²) in [6.45, 7) is 0. The highest BCUT2D eigenvalue weighted by Crippen LogP contribution is 2.51. The van der Waals surface area contributed by atoms with Crippen molar-refractivity contribution in [3.8, 4) is 0 Å². The molecule has 4 rings (SSSR count). The van der Waals surface area contributed by atoms with Gasteiger partial charge in [-0.2, -0.15) is 0 Å². The Morgan fingerprint density at radius 2 is 2.00 bits per heavy atom. The predicted octanol–water partition coefficient (Wildman–Crippen LogP) is 4.74. The molecular weight excluding hydrogens is 428 g/mol. The second-order valence-corrected chi connectivity index (χ2v) is 11.5. The fourth-order valence-corrected chi connectivity index (χ4v) is 6.39. The molecule has 0 radical (unpaired) electrons. The van der Waals surface area contributed by atoms with E-state index in [9.17, 15) is 18.0 Å². The van der Waals surface area contributed by atoms with Crippen molar-refractivity contribution in [2.24, 2.45) is 5.92 Å². The lowest BCUT2D eigenvalue weighted by Crippen LogP contribution is -2.32. The summed E-state index contributed by atoms with van der Waals surface area (Å²) < 4.78 is 22.9. The van der Waals surface area contributed by atoms with Crippen LogP contribution in [0.4, 0.5) is 0 Å². The van der Waals surface area contributed by atoms with Crippen molar-refractivity contribution in [2.45, 2.75) is 33.8 Å². The highest BCUT2D eigenvalue weighted by molar-refractivity contribution is 8.01. The normalized spacial score (nSPS) is 23.4.